The second kappa shape index (κ2) is 13.7. The van der Waals surface area contributed by atoms with E-state index in [1.54, 1.807) is 6.08 Å². The molecule has 0 amide bonds. The maximum Gasteiger partial charge on any atom is 0.114 e. The zero-order valence-corrected chi connectivity index (χ0v) is 15.8. The molecule has 0 aliphatic heterocycles. The molecule has 0 radical (unpaired) electrons. The van der Waals surface area contributed by atoms with Gasteiger partial charge in [-0.1, -0.05) is 64.7 Å². The van der Waals surface area contributed by atoms with Crippen LogP contribution in [-0.4, -0.2) is 28.0 Å². The van der Waals surface area contributed by atoms with Crippen molar-refractivity contribution in [3.8, 4) is 0 Å². The number of allylic oxidation sites excluding steroid dienone is 1. The van der Waals surface area contributed by atoms with Gasteiger partial charge in [0.05, 0.1) is 12.7 Å². The van der Waals surface area contributed by atoms with E-state index in [0.717, 1.165) is 37.5 Å². The van der Waals surface area contributed by atoms with Crippen molar-refractivity contribution in [3.63, 3.8) is 0 Å². The molecule has 0 spiro atoms. The lowest BCUT2D eigenvalue weighted by atomic mass is 9.86. The molecule has 0 aromatic rings. The Morgan fingerprint density at radius 3 is 2.46 bits per heavy atom. The lowest BCUT2D eigenvalue weighted by Gasteiger charge is -2.21. The average molecular weight is 341 g/mol. The first-order valence-electron chi connectivity index (χ1n) is 10.3. The summed E-state index contributed by atoms with van der Waals surface area (Å²) in [7, 11) is 0. The molecule has 3 N–H and O–H groups in total. The molecule has 24 heavy (non-hydrogen) atoms. The van der Waals surface area contributed by atoms with Crippen LogP contribution in [0, 0.1) is 11.8 Å². The van der Waals surface area contributed by atoms with E-state index in [0.29, 0.717) is 0 Å². The molecule has 0 aromatic heterocycles. The van der Waals surface area contributed by atoms with Crippen molar-refractivity contribution in [1.82, 2.24) is 0 Å². The van der Waals surface area contributed by atoms with Gasteiger partial charge in [-0.3, -0.25) is 0 Å². The zero-order valence-electron chi connectivity index (χ0n) is 15.8. The van der Waals surface area contributed by atoms with Crippen LogP contribution in [0.1, 0.15) is 96.8 Å². The van der Waals surface area contributed by atoms with Crippen LogP contribution in [0.5, 0.6) is 0 Å². The summed E-state index contributed by atoms with van der Waals surface area (Å²) in [5.74, 6) is 1.81. The molecule has 3 nitrogen and oxygen atoms in total. The Morgan fingerprint density at radius 1 is 1.00 bits per heavy atom. The number of aliphatic hydroxyl groups excluding tert-OH is 3. The topological polar surface area (TPSA) is 60.7 Å². The number of hydrogen-bond donors (Lipinski definition) is 3. The molecule has 1 fully saturated rings. The highest BCUT2D eigenvalue weighted by Gasteiger charge is 2.26. The van der Waals surface area contributed by atoms with Gasteiger partial charge in [-0.2, -0.15) is 0 Å². The fourth-order valence-corrected chi connectivity index (χ4v) is 4.12. The highest BCUT2D eigenvalue weighted by molar-refractivity contribution is 4.89. The van der Waals surface area contributed by atoms with E-state index in [-0.39, 0.29) is 18.5 Å². The summed E-state index contributed by atoms with van der Waals surface area (Å²) in [6, 6.07) is 0. The van der Waals surface area contributed by atoms with Crippen LogP contribution in [0.15, 0.2) is 11.8 Å². The third-order valence-electron chi connectivity index (χ3n) is 5.65. The van der Waals surface area contributed by atoms with Crippen molar-refractivity contribution in [2.24, 2.45) is 11.8 Å². The van der Waals surface area contributed by atoms with E-state index < -0.39 is 0 Å². The van der Waals surface area contributed by atoms with Gasteiger partial charge in [0, 0.05) is 0 Å². The Kier molecular flexibility index (Phi) is 12.3. The van der Waals surface area contributed by atoms with Crippen molar-refractivity contribution in [1.29, 1.82) is 0 Å². The summed E-state index contributed by atoms with van der Waals surface area (Å²) in [5, 5.41) is 28.0. The molecule has 1 aliphatic rings. The minimum absolute atomic E-state index is 0.0798. The van der Waals surface area contributed by atoms with Crippen molar-refractivity contribution in [2.75, 3.05) is 6.61 Å². The standard InChI is InChI=1S/C21H40O3/c1-2-3-6-13-20(23)16-15-19-12-9-11-18(19)10-7-4-5-8-14-21(24)17-22/h14,18-20,22-24H,2-13,15-17H2,1H3/b21-14+/t18-,19+,20?/m0/s1. The van der Waals surface area contributed by atoms with Gasteiger partial charge >= 0.3 is 0 Å². The van der Waals surface area contributed by atoms with Crippen LogP contribution in [0.25, 0.3) is 0 Å². The second-order valence-electron chi connectivity index (χ2n) is 7.67. The molecule has 0 aromatic carbocycles. The van der Waals surface area contributed by atoms with E-state index >= 15 is 0 Å². The van der Waals surface area contributed by atoms with Crippen LogP contribution in [0.3, 0.4) is 0 Å². The maximum absolute atomic E-state index is 10.1. The quantitative estimate of drug-likeness (QED) is 0.289. The molecular formula is C21H40O3. The maximum atomic E-state index is 10.1. The first kappa shape index (κ1) is 21.5. The normalized spacial score (nSPS) is 22.9. The van der Waals surface area contributed by atoms with Crippen molar-refractivity contribution in [3.05, 3.63) is 11.8 Å². The molecule has 0 heterocycles. The van der Waals surface area contributed by atoms with E-state index in [1.807, 2.05) is 0 Å². The highest BCUT2D eigenvalue weighted by Crippen LogP contribution is 2.38. The van der Waals surface area contributed by atoms with Crippen LogP contribution in [0.2, 0.25) is 0 Å². The lowest BCUT2D eigenvalue weighted by Crippen LogP contribution is -2.13. The summed E-state index contributed by atoms with van der Waals surface area (Å²) in [6.07, 6.45) is 18.4. The number of rotatable bonds is 14. The fourth-order valence-electron chi connectivity index (χ4n) is 4.12. The predicted molar refractivity (Wildman–Crippen MR) is 101 cm³/mol. The third kappa shape index (κ3) is 9.68. The van der Waals surface area contributed by atoms with Crippen molar-refractivity contribution < 1.29 is 15.3 Å². The van der Waals surface area contributed by atoms with Gasteiger partial charge in [0.15, 0.2) is 0 Å². The summed E-state index contributed by atoms with van der Waals surface area (Å²) in [6.45, 7) is 1.97. The Labute approximate surface area is 149 Å². The summed E-state index contributed by atoms with van der Waals surface area (Å²) in [5.41, 5.74) is 0. The van der Waals surface area contributed by atoms with Gasteiger partial charge in [0.1, 0.15) is 5.76 Å². The number of hydrogen-bond acceptors (Lipinski definition) is 3. The van der Waals surface area contributed by atoms with Crippen molar-refractivity contribution >= 4 is 0 Å². The Hall–Kier alpha value is -0.540. The molecule has 3 heteroatoms. The first-order chi connectivity index (χ1) is 11.7. The molecular weight excluding hydrogens is 300 g/mol. The SMILES string of the molecule is CCCCCC(O)CC[C@H]1CCC[C@@H]1CCCCC/C=C(/O)CO. The third-order valence-corrected chi connectivity index (χ3v) is 5.65. The lowest BCUT2D eigenvalue weighted by molar-refractivity contribution is 0.137. The van der Waals surface area contributed by atoms with E-state index in [9.17, 15) is 10.2 Å². The predicted octanol–water partition coefficient (Wildman–Crippen LogP) is 5.51. The molecule has 1 unspecified atom stereocenters. The molecule has 1 rings (SSSR count). The van der Waals surface area contributed by atoms with Crippen LogP contribution in [0.4, 0.5) is 0 Å². The van der Waals surface area contributed by atoms with Crippen LogP contribution < -0.4 is 0 Å². The zero-order chi connectivity index (χ0) is 17.6. The van der Waals surface area contributed by atoms with E-state index in [4.69, 9.17) is 5.11 Å². The Bertz CT molecular complexity index is 327. The smallest absolute Gasteiger partial charge is 0.114 e. The molecule has 0 saturated heterocycles. The minimum atomic E-state index is -0.242. The van der Waals surface area contributed by atoms with Crippen LogP contribution >= 0.6 is 0 Å². The molecule has 1 aliphatic carbocycles. The summed E-state index contributed by atoms with van der Waals surface area (Å²) >= 11 is 0. The molecule has 142 valence electrons. The Morgan fingerprint density at radius 2 is 1.75 bits per heavy atom. The average Bonchev–Trinajstić information content (AvgIpc) is 3.03. The summed E-state index contributed by atoms with van der Waals surface area (Å²) in [4.78, 5) is 0. The molecule has 3 atom stereocenters. The monoisotopic (exact) mass is 340 g/mol. The number of aliphatic hydroxyl groups is 3. The Balaban J connectivity index is 2.10. The van der Waals surface area contributed by atoms with Gasteiger partial charge in [0.2, 0.25) is 0 Å². The largest absolute Gasteiger partial charge is 0.510 e. The van der Waals surface area contributed by atoms with Gasteiger partial charge in [-0.05, 0) is 50.0 Å². The fraction of sp³-hybridized carbons (Fsp3) is 0.905. The van der Waals surface area contributed by atoms with Crippen LogP contribution in [-0.2, 0) is 0 Å². The van der Waals surface area contributed by atoms with Gasteiger partial charge in [-0.25, -0.2) is 0 Å². The van der Waals surface area contributed by atoms with Gasteiger partial charge < -0.3 is 15.3 Å². The molecule has 1 saturated carbocycles. The second-order valence-corrected chi connectivity index (χ2v) is 7.67. The first-order valence-corrected chi connectivity index (χ1v) is 10.3. The van der Waals surface area contributed by atoms with Gasteiger partial charge in [0.25, 0.3) is 0 Å². The van der Waals surface area contributed by atoms with Gasteiger partial charge in [-0.15, -0.1) is 0 Å². The summed E-state index contributed by atoms with van der Waals surface area (Å²) < 4.78 is 0. The van der Waals surface area contributed by atoms with E-state index in [2.05, 4.69) is 6.92 Å². The number of unbranched alkanes of at least 4 members (excludes halogenated alkanes) is 5. The minimum Gasteiger partial charge on any atom is -0.510 e. The highest BCUT2D eigenvalue weighted by atomic mass is 16.3. The molecule has 0 bridgehead atoms. The van der Waals surface area contributed by atoms with E-state index in [1.165, 1.54) is 64.2 Å². The van der Waals surface area contributed by atoms with Crippen molar-refractivity contribution in [2.45, 2.75) is 103 Å².